The van der Waals surface area contributed by atoms with Crippen LogP contribution in [0.5, 0.6) is 11.5 Å². The number of thiocarbonyl (C=S) groups is 1. The van der Waals surface area contributed by atoms with E-state index in [4.69, 9.17) is 21.7 Å². The topological polar surface area (TPSA) is 144 Å². The maximum Gasteiger partial charge on any atom is 0.269 e. The fourth-order valence-electron chi connectivity index (χ4n) is 2.59. The third kappa shape index (κ3) is 6.27. The van der Waals surface area contributed by atoms with E-state index < -0.39 is 10.8 Å². The van der Waals surface area contributed by atoms with E-state index in [0.717, 1.165) is 5.56 Å². The van der Waals surface area contributed by atoms with Crippen molar-refractivity contribution in [2.75, 3.05) is 13.3 Å². The largest absolute Gasteiger partial charge is 0.454 e. The van der Waals surface area contributed by atoms with E-state index in [1.807, 2.05) is 18.2 Å². The fraction of sp³-hybridized carbons (Fsp3) is 0.211. The number of carbonyl (C=O) groups excluding carboxylic acids is 2. The van der Waals surface area contributed by atoms with Crippen molar-refractivity contribution in [1.29, 1.82) is 0 Å². The Hall–Kier alpha value is -3.93. The van der Waals surface area contributed by atoms with Crippen LogP contribution in [0.2, 0.25) is 0 Å². The Labute approximate surface area is 182 Å². The summed E-state index contributed by atoms with van der Waals surface area (Å²) >= 11 is 5.11. The predicted octanol–water partition coefficient (Wildman–Crippen LogP) is 1.14. The first-order valence-electron chi connectivity index (χ1n) is 9.16. The molecule has 2 amide bonds. The molecule has 2 aromatic rings. The van der Waals surface area contributed by atoms with Crippen LogP contribution in [0.4, 0.5) is 5.69 Å². The lowest BCUT2D eigenvalue weighted by Gasteiger charge is -2.12. The number of non-ortho nitro benzene ring substituents is 1. The number of nitro groups is 1. The number of fused-ring (bicyclic) bond motifs is 1. The van der Waals surface area contributed by atoms with Crippen molar-refractivity contribution in [3.05, 3.63) is 63.7 Å². The van der Waals surface area contributed by atoms with E-state index in [2.05, 4.69) is 21.5 Å². The Balaban J connectivity index is 1.32. The Kier molecular flexibility index (Phi) is 7.17. The molecule has 0 fully saturated rings. The van der Waals surface area contributed by atoms with Crippen molar-refractivity contribution in [3.8, 4) is 11.5 Å². The molecular weight excluding hydrogens is 426 g/mol. The van der Waals surface area contributed by atoms with Gasteiger partial charge in [-0.2, -0.15) is 0 Å². The van der Waals surface area contributed by atoms with Crippen molar-refractivity contribution in [2.24, 2.45) is 0 Å². The van der Waals surface area contributed by atoms with Crippen LogP contribution in [0.25, 0.3) is 0 Å². The highest BCUT2D eigenvalue weighted by atomic mass is 32.1. The number of hydrogen-bond donors (Lipinski definition) is 4. The van der Waals surface area contributed by atoms with Gasteiger partial charge in [0.2, 0.25) is 12.7 Å². The minimum Gasteiger partial charge on any atom is -0.454 e. The van der Waals surface area contributed by atoms with Crippen LogP contribution < -0.4 is 31.0 Å². The van der Waals surface area contributed by atoms with Crippen LogP contribution in [0, 0.1) is 10.1 Å². The lowest BCUT2D eigenvalue weighted by atomic mass is 10.2. The minimum absolute atomic E-state index is 0.0104. The lowest BCUT2D eigenvalue weighted by molar-refractivity contribution is -0.384. The average molecular weight is 445 g/mol. The Morgan fingerprint density at radius 3 is 2.52 bits per heavy atom. The van der Waals surface area contributed by atoms with Crippen LogP contribution >= 0.6 is 12.2 Å². The number of rotatable bonds is 7. The zero-order chi connectivity index (χ0) is 22.2. The maximum absolute atomic E-state index is 12.0. The third-order valence-corrected chi connectivity index (χ3v) is 4.43. The van der Waals surface area contributed by atoms with Gasteiger partial charge < -0.3 is 20.1 Å². The number of ether oxygens (including phenoxy) is 2. The minimum atomic E-state index is -0.548. The summed E-state index contributed by atoms with van der Waals surface area (Å²) in [4.78, 5) is 33.9. The number of hydrogen-bond acceptors (Lipinski definition) is 7. The molecule has 12 heteroatoms. The molecule has 0 spiro atoms. The molecule has 4 N–H and O–H groups in total. The first kappa shape index (κ1) is 21.8. The van der Waals surface area contributed by atoms with E-state index in [1.54, 1.807) is 0 Å². The number of nitro benzene ring substituents is 1. The van der Waals surface area contributed by atoms with Crippen molar-refractivity contribution >= 4 is 34.8 Å². The predicted molar refractivity (Wildman–Crippen MR) is 113 cm³/mol. The molecule has 11 nitrogen and oxygen atoms in total. The van der Waals surface area contributed by atoms with Gasteiger partial charge in [-0.1, -0.05) is 6.07 Å². The highest BCUT2D eigenvalue weighted by Gasteiger charge is 2.13. The van der Waals surface area contributed by atoms with Gasteiger partial charge in [0.05, 0.1) is 4.92 Å². The fourth-order valence-corrected chi connectivity index (χ4v) is 2.72. The van der Waals surface area contributed by atoms with E-state index in [1.165, 1.54) is 24.3 Å². The van der Waals surface area contributed by atoms with E-state index in [9.17, 15) is 19.7 Å². The summed E-state index contributed by atoms with van der Waals surface area (Å²) in [5.41, 5.74) is 6.09. The monoisotopic (exact) mass is 445 g/mol. The molecule has 1 heterocycles. The van der Waals surface area contributed by atoms with Crippen molar-refractivity contribution in [2.45, 2.75) is 13.0 Å². The van der Waals surface area contributed by atoms with E-state index in [-0.39, 0.29) is 42.0 Å². The molecule has 0 unspecified atom stereocenters. The Bertz CT molecular complexity index is 998. The van der Waals surface area contributed by atoms with Crippen LogP contribution in [0.1, 0.15) is 22.3 Å². The second-order valence-electron chi connectivity index (χ2n) is 6.35. The van der Waals surface area contributed by atoms with Gasteiger partial charge in [0.25, 0.3) is 11.6 Å². The molecule has 1 aliphatic heterocycles. The second-order valence-corrected chi connectivity index (χ2v) is 6.76. The van der Waals surface area contributed by atoms with Gasteiger partial charge in [0.1, 0.15) is 0 Å². The number of benzene rings is 2. The summed E-state index contributed by atoms with van der Waals surface area (Å²) in [5, 5.41) is 16.4. The van der Waals surface area contributed by atoms with Crippen LogP contribution in [0.3, 0.4) is 0 Å². The summed E-state index contributed by atoms with van der Waals surface area (Å²) in [6.45, 7) is 0.705. The molecule has 0 atom stereocenters. The van der Waals surface area contributed by atoms with Crippen molar-refractivity contribution < 1.29 is 24.0 Å². The lowest BCUT2D eigenvalue weighted by Crippen LogP contribution is -2.47. The van der Waals surface area contributed by atoms with Crippen LogP contribution in [-0.2, 0) is 11.3 Å². The average Bonchev–Trinajstić information content (AvgIpc) is 3.24. The number of nitrogens with one attached hydrogen (secondary N) is 4. The first-order valence-corrected chi connectivity index (χ1v) is 9.57. The van der Waals surface area contributed by atoms with Gasteiger partial charge >= 0.3 is 0 Å². The van der Waals surface area contributed by atoms with Crippen molar-refractivity contribution in [3.63, 3.8) is 0 Å². The second kappa shape index (κ2) is 10.2. The molecule has 0 radical (unpaired) electrons. The summed E-state index contributed by atoms with van der Waals surface area (Å²) < 4.78 is 10.6. The Morgan fingerprint density at radius 1 is 1.03 bits per heavy atom. The summed E-state index contributed by atoms with van der Waals surface area (Å²) in [5.74, 6) is 0.549. The van der Waals surface area contributed by atoms with E-state index >= 15 is 0 Å². The van der Waals surface area contributed by atoms with Gasteiger partial charge in [0.15, 0.2) is 16.6 Å². The van der Waals surface area contributed by atoms with Gasteiger partial charge in [-0.3, -0.25) is 30.6 Å². The molecule has 0 saturated carbocycles. The van der Waals surface area contributed by atoms with Gasteiger partial charge in [-0.05, 0) is 42.0 Å². The number of nitrogens with zero attached hydrogens (tertiary/aromatic N) is 1. The number of hydrazine groups is 1. The maximum atomic E-state index is 12.0. The molecule has 3 rings (SSSR count). The smallest absolute Gasteiger partial charge is 0.269 e. The normalized spacial score (nSPS) is 11.4. The third-order valence-electron chi connectivity index (χ3n) is 4.18. The first-order chi connectivity index (χ1) is 14.9. The van der Waals surface area contributed by atoms with Crippen molar-refractivity contribution in [1.82, 2.24) is 21.5 Å². The molecule has 1 aliphatic rings. The van der Waals surface area contributed by atoms with Crippen LogP contribution in [-0.4, -0.2) is 35.2 Å². The highest BCUT2D eigenvalue weighted by molar-refractivity contribution is 7.80. The molecule has 0 aliphatic carbocycles. The molecule has 31 heavy (non-hydrogen) atoms. The SMILES string of the molecule is O=C(CCNC(=O)c1ccc([N+](=O)[O-])cc1)NNC(=S)NCc1ccc2c(c1)OCO2. The highest BCUT2D eigenvalue weighted by Crippen LogP contribution is 2.32. The van der Waals surface area contributed by atoms with Crippen LogP contribution in [0.15, 0.2) is 42.5 Å². The zero-order valence-corrected chi connectivity index (χ0v) is 17.0. The standard InChI is InChI=1S/C19H19N5O6S/c25-17(7-8-20-18(26)13-2-4-14(5-3-13)24(27)28)22-23-19(31)21-10-12-1-6-15-16(9-12)30-11-29-15/h1-6,9H,7-8,10-11H2,(H,20,26)(H,22,25)(H2,21,23,31). The van der Waals surface area contributed by atoms with Gasteiger partial charge in [0, 0.05) is 37.2 Å². The Morgan fingerprint density at radius 2 is 1.77 bits per heavy atom. The summed E-state index contributed by atoms with van der Waals surface area (Å²) in [6, 6.07) is 10.7. The summed E-state index contributed by atoms with van der Waals surface area (Å²) in [7, 11) is 0. The molecule has 162 valence electrons. The van der Waals surface area contributed by atoms with Gasteiger partial charge in [-0.25, -0.2) is 0 Å². The molecule has 0 saturated heterocycles. The van der Waals surface area contributed by atoms with Gasteiger partial charge in [-0.15, -0.1) is 0 Å². The molecule has 2 aromatic carbocycles. The quantitative estimate of drug-likeness (QED) is 0.280. The summed E-state index contributed by atoms with van der Waals surface area (Å²) in [6.07, 6.45) is 0.0104. The molecule has 0 aromatic heterocycles. The molecule has 0 bridgehead atoms. The zero-order valence-electron chi connectivity index (χ0n) is 16.2. The van der Waals surface area contributed by atoms with E-state index in [0.29, 0.717) is 18.0 Å². The number of carbonyl (C=O) groups is 2. The number of amides is 2. The molecular formula is C19H19N5O6S.